The quantitative estimate of drug-likeness (QED) is 0.613. The second-order valence-electron chi connectivity index (χ2n) is 7.00. The number of hydrogen-bond acceptors (Lipinski definition) is 4. The summed E-state index contributed by atoms with van der Waals surface area (Å²) in [4.78, 5) is 36.5. The van der Waals surface area contributed by atoms with Gasteiger partial charge in [-0.05, 0) is 48.2 Å². The second-order valence-corrected chi connectivity index (χ2v) is 7.00. The van der Waals surface area contributed by atoms with Crippen LogP contribution in [-0.2, 0) is 20.7 Å². The molecular weight excluding hydrogens is 394 g/mol. The van der Waals surface area contributed by atoms with Crippen molar-refractivity contribution in [3.63, 3.8) is 0 Å². The number of amides is 2. The van der Waals surface area contributed by atoms with Gasteiger partial charge in [0.2, 0.25) is 0 Å². The van der Waals surface area contributed by atoms with E-state index in [2.05, 4.69) is 10.6 Å². The summed E-state index contributed by atoms with van der Waals surface area (Å²) < 4.78 is 31.5. The average Bonchev–Trinajstić information content (AvgIpc) is 2.71. The molecule has 2 amide bonds. The maximum Gasteiger partial charge on any atom is 0.329 e. The summed E-state index contributed by atoms with van der Waals surface area (Å²) in [5.74, 6) is -2.98. The first kappa shape index (κ1) is 23.0. The lowest BCUT2D eigenvalue weighted by atomic mass is 10.0. The fourth-order valence-corrected chi connectivity index (χ4v) is 2.64. The lowest BCUT2D eigenvalue weighted by Crippen LogP contribution is -2.46. The summed E-state index contributed by atoms with van der Waals surface area (Å²) in [5.41, 5.74) is 0.666. The zero-order valence-electron chi connectivity index (χ0n) is 16.8. The topological polar surface area (TPSA) is 84.5 Å². The van der Waals surface area contributed by atoms with Crippen molar-refractivity contribution in [2.24, 2.45) is 5.92 Å². The molecule has 2 aromatic rings. The molecule has 0 saturated heterocycles. The Balaban J connectivity index is 1.81. The van der Waals surface area contributed by atoms with Crippen LogP contribution in [0.4, 0.5) is 8.78 Å². The Labute approximate surface area is 173 Å². The standard InChI is InChI=1S/C22H24F2N2O4/c1-14(2)20(26-21(28)16-7-9-17(23)10-8-16)22(29)30-13-19(27)25-12-11-15-5-3-4-6-18(15)24/h3-10,14,20H,11-13H2,1-2H3,(H,25,27)(H,26,28)/t20-/m0/s1. The molecule has 0 unspecified atom stereocenters. The van der Waals surface area contributed by atoms with Gasteiger partial charge in [0.25, 0.3) is 11.8 Å². The minimum Gasteiger partial charge on any atom is -0.454 e. The Morgan fingerprint density at radius 2 is 1.67 bits per heavy atom. The number of hydrogen-bond donors (Lipinski definition) is 2. The monoisotopic (exact) mass is 418 g/mol. The molecule has 8 heteroatoms. The Morgan fingerprint density at radius 1 is 1.00 bits per heavy atom. The van der Waals surface area contributed by atoms with Crippen LogP contribution >= 0.6 is 0 Å². The summed E-state index contributed by atoms with van der Waals surface area (Å²) in [5, 5.41) is 5.09. The van der Waals surface area contributed by atoms with E-state index in [-0.39, 0.29) is 23.8 Å². The fraction of sp³-hybridized carbons (Fsp3) is 0.318. The average molecular weight is 418 g/mol. The van der Waals surface area contributed by atoms with Gasteiger partial charge in [0.1, 0.15) is 17.7 Å². The van der Waals surface area contributed by atoms with Crippen molar-refractivity contribution in [1.82, 2.24) is 10.6 Å². The highest BCUT2D eigenvalue weighted by Gasteiger charge is 2.26. The zero-order chi connectivity index (χ0) is 22.1. The van der Waals surface area contributed by atoms with Gasteiger partial charge in [0.05, 0.1) is 0 Å². The van der Waals surface area contributed by atoms with Gasteiger partial charge in [0.15, 0.2) is 6.61 Å². The summed E-state index contributed by atoms with van der Waals surface area (Å²) in [7, 11) is 0. The minimum atomic E-state index is -0.978. The highest BCUT2D eigenvalue weighted by molar-refractivity contribution is 5.97. The van der Waals surface area contributed by atoms with Crippen molar-refractivity contribution in [1.29, 1.82) is 0 Å². The minimum absolute atomic E-state index is 0.187. The number of nitrogens with one attached hydrogen (secondary N) is 2. The molecule has 160 valence electrons. The molecule has 2 aromatic carbocycles. The molecule has 0 aromatic heterocycles. The molecule has 0 saturated carbocycles. The number of ether oxygens (including phenoxy) is 1. The van der Waals surface area contributed by atoms with E-state index in [0.717, 1.165) is 12.1 Å². The van der Waals surface area contributed by atoms with Gasteiger partial charge in [-0.2, -0.15) is 0 Å². The van der Waals surface area contributed by atoms with E-state index in [0.29, 0.717) is 12.0 Å². The second kappa shape index (κ2) is 11.0. The largest absolute Gasteiger partial charge is 0.454 e. The Bertz CT molecular complexity index is 885. The third-order valence-electron chi connectivity index (χ3n) is 4.33. The van der Waals surface area contributed by atoms with Gasteiger partial charge in [-0.15, -0.1) is 0 Å². The van der Waals surface area contributed by atoms with Crippen LogP contribution in [0.3, 0.4) is 0 Å². The molecule has 0 bridgehead atoms. The number of carbonyl (C=O) groups is 3. The third kappa shape index (κ3) is 6.95. The summed E-state index contributed by atoms with van der Waals surface area (Å²) in [6, 6.07) is 10.2. The molecular formula is C22H24F2N2O4. The normalized spacial score (nSPS) is 11.6. The van der Waals surface area contributed by atoms with Crippen molar-refractivity contribution in [2.45, 2.75) is 26.3 Å². The van der Waals surface area contributed by atoms with E-state index in [1.165, 1.54) is 18.2 Å². The third-order valence-corrected chi connectivity index (χ3v) is 4.33. The van der Waals surface area contributed by atoms with Crippen molar-refractivity contribution in [3.8, 4) is 0 Å². The zero-order valence-corrected chi connectivity index (χ0v) is 16.8. The van der Waals surface area contributed by atoms with E-state index in [1.54, 1.807) is 32.0 Å². The number of esters is 1. The number of benzene rings is 2. The molecule has 6 nitrogen and oxygen atoms in total. The molecule has 0 aliphatic rings. The van der Waals surface area contributed by atoms with Gasteiger partial charge in [-0.25, -0.2) is 13.6 Å². The van der Waals surface area contributed by atoms with E-state index in [4.69, 9.17) is 4.74 Å². The van der Waals surface area contributed by atoms with Crippen LogP contribution in [0.2, 0.25) is 0 Å². The van der Waals surface area contributed by atoms with Crippen molar-refractivity contribution < 1.29 is 27.9 Å². The molecule has 0 spiro atoms. The lowest BCUT2D eigenvalue weighted by molar-refractivity contribution is -0.151. The highest BCUT2D eigenvalue weighted by Crippen LogP contribution is 2.08. The summed E-state index contributed by atoms with van der Waals surface area (Å²) >= 11 is 0. The molecule has 30 heavy (non-hydrogen) atoms. The summed E-state index contributed by atoms with van der Waals surface area (Å²) in [6.45, 7) is 3.09. The van der Waals surface area contributed by atoms with Gasteiger partial charge in [-0.1, -0.05) is 32.0 Å². The van der Waals surface area contributed by atoms with Gasteiger partial charge < -0.3 is 15.4 Å². The lowest BCUT2D eigenvalue weighted by Gasteiger charge is -2.20. The molecule has 0 fully saturated rings. The Morgan fingerprint density at radius 3 is 2.30 bits per heavy atom. The van der Waals surface area contributed by atoms with Crippen LogP contribution in [-0.4, -0.2) is 37.0 Å². The van der Waals surface area contributed by atoms with Crippen LogP contribution in [0, 0.1) is 17.6 Å². The molecule has 1 atom stereocenters. The van der Waals surface area contributed by atoms with Gasteiger partial charge in [0, 0.05) is 12.1 Å². The van der Waals surface area contributed by atoms with Crippen molar-refractivity contribution in [2.75, 3.05) is 13.2 Å². The highest BCUT2D eigenvalue weighted by atomic mass is 19.1. The predicted octanol–water partition coefficient (Wildman–Crippen LogP) is 2.62. The van der Waals surface area contributed by atoms with E-state index >= 15 is 0 Å². The smallest absolute Gasteiger partial charge is 0.329 e. The van der Waals surface area contributed by atoms with E-state index < -0.39 is 36.2 Å². The number of rotatable bonds is 9. The predicted molar refractivity (Wildman–Crippen MR) is 107 cm³/mol. The van der Waals surface area contributed by atoms with E-state index in [9.17, 15) is 23.2 Å². The molecule has 0 aliphatic carbocycles. The first-order valence-electron chi connectivity index (χ1n) is 9.51. The Kier molecular flexibility index (Phi) is 8.46. The molecule has 0 radical (unpaired) electrons. The number of carbonyl (C=O) groups excluding carboxylic acids is 3. The molecule has 0 heterocycles. The van der Waals surface area contributed by atoms with Crippen molar-refractivity contribution >= 4 is 17.8 Å². The number of halogens is 2. The maximum absolute atomic E-state index is 13.5. The van der Waals surface area contributed by atoms with Gasteiger partial charge in [-0.3, -0.25) is 9.59 Å². The van der Waals surface area contributed by atoms with E-state index in [1.807, 2.05) is 0 Å². The van der Waals surface area contributed by atoms with Gasteiger partial charge >= 0.3 is 5.97 Å². The van der Waals surface area contributed by atoms with Crippen molar-refractivity contribution in [3.05, 3.63) is 71.3 Å². The first-order valence-corrected chi connectivity index (χ1v) is 9.51. The molecule has 2 rings (SSSR count). The van der Waals surface area contributed by atoms with Crippen LogP contribution < -0.4 is 10.6 Å². The van der Waals surface area contributed by atoms with Crippen LogP contribution in [0.1, 0.15) is 29.8 Å². The van der Waals surface area contributed by atoms with Crippen LogP contribution in [0.5, 0.6) is 0 Å². The maximum atomic E-state index is 13.5. The SMILES string of the molecule is CC(C)[C@H](NC(=O)c1ccc(F)cc1)C(=O)OCC(=O)NCCc1ccccc1F. The molecule has 2 N–H and O–H groups in total. The fourth-order valence-electron chi connectivity index (χ4n) is 2.64. The van der Waals surface area contributed by atoms with Crippen LogP contribution in [0.15, 0.2) is 48.5 Å². The molecule has 0 aliphatic heterocycles. The van der Waals surface area contributed by atoms with Crippen LogP contribution in [0.25, 0.3) is 0 Å². The first-order chi connectivity index (χ1) is 14.3. The Hall–Kier alpha value is -3.29. The summed E-state index contributed by atoms with van der Waals surface area (Å²) in [6.07, 6.45) is 0.300.